The van der Waals surface area contributed by atoms with E-state index in [1.165, 1.54) is 38.3 Å². The second-order valence-corrected chi connectivity index (χ2v) is 12.5. The van der Waals surface area contributed by atoms with Crippen LogP contribution < -0.4 is 5.32 Å². The van der Waals surface area contributed by atoms with Gasteiger partial charge < -0.3 is 10.1 Å². The first-order chi connectivity index (χ1) is 7.49. The second-order valence-electron chi connectivity index (χ2n) is 7.05. The molecule has 2 rings (SSSR count). The van der Waals surface area contributed by atoms with Crippen molar-refractivity contribution in [3.05, 3.63) is 0 Å². The van der Waals surface area contributed by atoms with Crippen LogP contribution in [0.15, 0.2) is 0 Å². The molecule has 0 aromatic carbocycles. The van der Waals surface area contributed by atoms with E-state index in [0.29, 0.717) is 5.41 Å². The van der Waals surface area contributed by atoms with Crippen molar-refractivity contribution in [1.29, 1.82) is 0 Å². The minimum atomic E-state index is -0.989. The van der Waals surface area contributed by atoms with Gasteiger partial charge in [-0.2, -0.15) is 0 Å². The Hall–Kier alpha value is 0.137. The Labute approximate surface area is 101 Å². The Kier molecular flexibility index (Phi) is 3.77. The summed E-state index contributed by atoms with van der Waals surface area (Å²) in [5.41, 5.74) is 0.464. The fourth-order valence-electron chi connectivity index (χ4n) is 3.02. The van der Waals surface area contributed by atoms with Crippen molar-refractivity contribution in [3.8, 4) is 0 Å². The van der Waals surface area contributed by atoms with Gasteiger partial charge in [0.25, 0.3) is 0 Å². The minimum absolute atomic E-state index is 0.464. The van der Waals surface area contributed by atoms with Gasteiger partial charge in [-0.15, -0.1) is 0 Å². The predicted molar refractivity (Wildman–Crippen MR) is 71.7 cm³/mol. The third-order valence-electron chi connectivity index (χ3n) is 3.65. The van der Waals surface area contributed by atoms with Gasteiger partial charge in [0.2, 0.25) is 0 Å². The Morgan fingerprint density at radius 2 is 2.06 bits per heavy atom. The Balaban J connectivity index is 1.92. The van der Waals surface area contributed by atoms with E-state index < -0.39 is 8.07 Å². The lowest BCUT2D eigenvalue weighted by atomic mass is 9.84. The maximum absolute atomic E-state index is 5.77. The second kappa shape index (κ2) is 4.79. The van der Waals surface area contributed by atoms with E-state index in [-0.39, 0.29) is 0 Å². The van der Waals surface area contributed by atoms with E-state index in [2.05, 4.69) is 25.0 Å². The van der Waals surface area contributed by atoms with Gasteiger partial charge in [0, 0.05) is 32.7 Å². The highest BCUT2D eigenvalue weighted by Crippen LogP contribution is 2.37. The van der Waals surface area contributed by atoms with Crippen LogP contribution in [-0.4, -0.2) is 33.9 Å². The molecule has 1 aliphatic carbocycles. The zero-order valence-electron chi connectivity index (χ0n) is 11.1. The van der Waals surface area contributed by atoms with Gasteiger partial charge in [-0.3, -0.25) is 0 Å². The van der Waals surface area contributed by atoms with Gasteiger partial charge in [0.05, 0.1) is 6.61 Å². The first-order valence-corrected chi connectivity index (χ1v) is 10.5. The molecule has 1 unspecified atom stereocenters. The summed E-state index contributed by atoms with van der Waals surface area (Å²) in [6, 6.07) is 2.25. The summed E-state index contributed by atoms with van der Waals surface area (Å²) >= 11 is 0. The molecule has 1 saturated carbocycles. The smallest absolute Gasteiger partial charge is 0.0531 e. The number of rotatable bonds is 5. The van der Waals surface area contributed by atoms with Gasteiger partial charge in [-0.05, 0) is 31.7 Å². The number of hydrogen-bond acceptors (Lipinski definition) is 2. The third kappa shape index (κ3) is 3.86. The number of nitrogens with one attached hydrogen (secondary N) is 1. The lowest BCUT2D eigenvalue weighted by Crippen LogP contribution is -2.46. The fraction of sp³-hybridized carbons (Fsp3) is 1.00. The Bertz CT molecular complexity index is 227. The average Bonchev–Trinajstić information content (AvgIpc) is 2.97. The van der Waals surface area contributed by atoms with Crippen LogP contribution >= 0.6 is 0 Å². The molecule has 94 valence electrons. The van der Waals surface area contributed by atoms with Gasteiger partial charge in [-0.25, -0.2) is 0 Å². The molecule has 2 fully saturated rings. The van der Waals surface area contributed by atoms with Crippen molar-refractivity contribution >= 4 is 8.07 Å². The molecule has 3 heteroatoms. The highest BCUT2D eigenvalue weighted by atomic mass is 28.3. The Morgan fingerprint density at radius 1 is 1.31 bits per heavy atom. The van der Waals surface area contributed by atoms with Crippen molar-refractivity contribution in [1.82, 2.24) is 5.32 Å². The van der Waals surface area contributed by atoms with Crippen LogP contribution in [0.3, 0.4) is 0 Å². The highest BCUT2D eigenvalue weighted by molar-refractivity contribution is 6.76. The van der Waals surface area contributed by atoms with Crippen molar-refractivity contribution in [2.24, 2.45) is 5.41 Å². The molecule has 0 aromatic heterocycles. The van der Waals surface area contributed by atoms with Crippen molar-refractivity contribution < 1.29 is 4.74 Å². The lowest BCUT2D eigenvalue weighted by Gasteiger charge is -2.41. The zero-order valence-corrected chi connectivity index (χ0v) is 12.1. The summed E-state index contributed by atoms with van der Waals surface area (Å²) in [6.45, 7) is 10.6. The van der Waals surface area contributed by atoms with Gasteiger partial charge >= 0.3 is 0 Å². The minimum Gasteiger partial charge on any atom is -0.381 e. The van der Waals surface area contributed by atoms with Crippen molar-refractivity contribution in [2.45, 2.75) is 57.4 Å². The molecule has 0 bridgehead atoms. The SMILES string of the molecule is C[Si](C)(C)CC1(CNC2CC2)CCCOC1. The lowest BCUT2D eigenvalue weighted by molar-refractivity contribution is 0.00229. The summed E-state index contributed by atoms with van der Waals surface area (Å²) in [4.78, 5) is 0. The highest BCUT2D eigenvalue weighted by Gasteiger charge is 2.38. The van der Waals surface area contributed by atoms with Crippen LogP contribution in [0.1, 0.15) is 25.7 Å². The van der Waals surface area contributed by atoms with Crippen molar-refractivity contribution in [2.75, 3.05) is 19.8 Å². The molecular formula is C13H27NOSi. The molecule has 1 heterocycles. The van der Waals surface area contributed by atoms with Crippen LogP contribution in [0, 0.1) is 5.41 Å². The van der Waals surface area contributed by atoms with Crippen LogP contribution in [0.5, 0.6) is 0 Å². The number of ether oxygens (including phenoxy) is 1. The Morgan fingerprint density at radius 3 is 2.56 bits per heavy atom. The molecule has 0 aromatic rings. The first kappa shape index (κ1) is 12.6. The van der Waals surface area contributed by atoms with Gasteiger partial charge in [-0.1, -0.05) is 19.6 Å². The van der Waals surface area contributed by atoms with Crippen molar-refractivity contribution in [3.63, 3.8) is 0 Å². The molecule has 0 amide bonds. The maximum Gasteiger partial charge on any atom is 0.0531 e. The molecule has 2 aliphatic rings. The molecule has 16 heavy (non-hydrogen) atoms. The molecular weight excluding hydrogens is 214 g/mol. The molecule has 1 atom stereocenters. The average molecular weight is 241 g/mol. The standard InChI is InChI=1S/C13H27NOSi/c1-16(2,3)11-13(7-4-8-15-10-13)9-14-12-5-6-12/h12,14H,4-11H2,1-3H3. The fourth-order valence-corrected chi connectivity index (χ4v) is 5.68. The summed E-state index contributed by atoms with van der Waals surface area (Å²) in [7, 11) is -0.989. The van der Waals surface area contributed by atoms with Crippen LogP contribution in [-0.2, 0) is 4.74 Å². The predicted octanol–water partition coefficient (Wildman–Crippen LogP) is 2.87. The van der Waals surface area contributed by atoms with E-state index in [1.807, 2.05) is 0 Å². The maximum atomic E-state index is 5.77. The van der Waals surface area contributed by atoms with Gasteiger partial charge in [0.1, 0.15) is 0 Å². The summed E-state index contributed by atoms with van der Waals surface area (Å²) in [6.07, 6.45) is 5.42. The normalized spacial score (nSPS) is 31.7. The molecule has 2 nitrogen and oxygen atoms in total. The van der Waals surface area contributed by atoms with Gasteiger partial charge in [0.15, 0.2) is 0 Å². The van der Waals surface area contributed by atoms with Crippen LogP contribution in [0.2, 0.25) is 25.7 Å². The molecule has 1 aliphatic heterocycles. The largest absolute Gasteiger partial charge is 0.381 e. The topological polar surface area (TPSA) is 21.3 Å². The van der Waals surface area contributed by atoms with E-state index in [4.69, 9.17) is 4.74 Å². The van der Waals surface area contributed by atoms with E-state index in [9.17, 15) is 0 Å². The van der Waals surface area contributed by atoms with E-state index >= 15 is 0 Å². The third-order valence-corrected chi connectivity index (χ3v) is 5.46. The zero-order chi connectivity index (χ0) is 11.6. The molecule has 0 radical (unpaired) electrons. The monoisotopic (exact) mass is 241 g/mol. The van der Waals surface area contributed by atoms with E-state index in [0.717, 1.165) is 19.3 Å². The van der Waals surface area contributed by atoms with E-state index in [1.54, 1.807) is 0 Å². The molecule has 0 spiro atoms. The summed E-state index contributed by atoms with van der Waals surface area (Å²) in [5, 5.41) is 3.73. The number of hydrogen-bond donors (Lipinski definition) is 1. The summed E-state index contributed by atoms with van der Waals surface area (Å²) in [5.74, 6) is 0. The van der Waals surface area contributed by atoms with Crippen LogP contribution in [0.25, 0.3) is 0 Å². The molecule has 1 saturated heterocycles. The quantitative estimate of drug-likeness (QED) is 0.747. The first-order valence-electron chi connectivity index (χ1n) is 6.80. The summed E-state index contributed by atoms with van der Waals surface area (Å²) < 4.78 is 5.77. The van der Waals surface area contributed by atoms with Crippen LogP contribution in [0.4, 0.5) is 0 Å². The molecule has 1 N–H and O–H groups in total.